The van der Waals surface area contributed by atoms with Crippen LogP contribution in [0.3, 0.4) is 0 Å². The van der Waals surface area contributed by atoms with Crippen molar-refractivity contribution in [2.75, 3.05) is 7.11 Å². The van der Waals surface area contributed by atoms with Crippen LogP contribution in [0.4, 0.5) is 8.78 Å². The third kappa shape index (κ3) is 1.55. The van der Waals surface area contributed by atoms with Crippen LogP contribution < -0.4 is 4.74 Å². The Balaban J connectivity index is 2.54. The van der Waals surface area contributed by atoms with Crippen molar-refractivity contribution in [3.63, 3.8) is 0 Å². The second-order valence-corrected chi connectivity index (χ2v) is 3.75. The van der Waals surface area contributed by atoms with Crippen LogP contribution in [0.5, 0.6) is 5.75 Å². The van der Waals surface area contributed by atoms with Crippen molar-refractivity contribution in [2.24, 2.45) is 0 Å². The van der Waals surface area contributed by atoms with Crippen LogP contribution >= 0.6 is 11.3 Å². The molecule has 0 aliphatic rings. The van der Waals surface area contributed by atoms with Gasteiger partial charge in [0.05, 0.1) is 17.3 Å². The molecule has 0 spiro atoms. The molecule has 2 rings (SSSR count). The molecule has 0 unspecified atom stereocenters. The van der Waals surface area contributed by atoms with Crippen molar-refractivity contribution < 1.29 is 13.5 Å². The number of methoxy groups -OCH3 is 1. The lowest BCUT2D eigenvalue weighted by Gasteiger charge is -1.96. The molecule has 0 bridgehead atoms. The average Bonchev–Trinajstić information content (AvgIpc) is 2.59. The molecule has 14 heavy (non-hydrogen) atoms. The van der Waals surface area contributed by atoms with Crippen LogP contribution in [0.15, 0.2) is 18.2 Å². The summed E-state index contributed by atoms with van der Waals surface area (Å²) in [4.78, 5) is 3.80. The molecule has 0 aliphatic carbocycles. The summed E-state index contributed by atoms with van der Waals surface area (Å²) < 4.78 is 30.3. The summed E-state index contributed by atoms with van der Waals surface area (Å²) in [6.07, 6.45) is -2.50. The number of hydrogen-bond acceptors (Lipinski definition) is 3. The van der Waals surface area contributed by atoms with E-state index < -0.39 is 6.43 Å². The van der Waals surface area contributed by atoms with Crippen molar-refractivity contribution in [1.29, 1.82) is 0 Å². The zero-order valence-corrected chi connectivity index (χ0v) is 8.15. The Morgan fingerprint density at radius 1 is 1.43 bits per heavy atom. The summed E-state index contributed by atoms with van der Waals surface area (Å²) in [7, 11) is 1.54. The van der Waals surface area contributed by atoms with Crippen molar-refractivity contribution >= 4 is 21.6 Å². The first-order valence-electron chi connectivity index (χ1n) is 3.93. The maximum atomic E-state index is 12.3. The maximum absolute atomic E-state index is 12.3. The minimum Gasteiger partial charge on any atom is -0.497 e. The van der Waals surface area contributed by atoms with Gasteiger partial charge in [-0.15, -0.1) is 11.3 Å². The van der Waals surface area contributed by atoms with E-state index in [2.05, 4.69) is 4.98 Å². The number of ether oxygens (including phenoxy) is 1. The summed E-state index contributed by atoms with van der Waals surface area (Å²) >= 11 is 0.994. The van der Waals surface area contributed by atoms with Gasteiger partial charge < -0.3 is 4.74 Å². The quantitative estimate of drug-likeness (QED) is 0.767. The van der Waals surface area contributed by atoms with E-state index in [-0.39, 0.29) is 5.01 Å². The minimum atomic E-state index is -2.50. The molecule has 0 saturated carbocycles. The number of rotatable bonds is 2. The number of halogens is 2. The van der Waals surface area contributed by atoms with Crippen molar-refractivity contribution in [1.82, 2.24) is 4.98 Å². The lowest BCUT2D eigenvalue weighted by atomic mass is 10.3. The van der Waals surface area contributed by atoms with E-state index in [1.807, 2.05) is 0 Å². The normalized spacial score (nSPS) is 11.1. The van der Waals surface area contributed by atoms with E-state index >= 15 is 0 Å². The number of aromatic nitrogens is 1. The number of hydrogen-bond donors (Lipinski definition) is 0. The van der Waals surface area contributed by atoms with Crippen molar-refractivity contribution in [2.45, 2.75) is 6.43 Å². The van der Waals surface area contributed by atoms with E-state index in [1.165, 1.54) is 7.11 Å². The van der Waals surface area contributed by atoms with Gasteiger partial charge >= 0.3 is 0 Å². The predicted octanol–water partition coefficient (Wildman–Crippen LogP) is 3.24. The lowest BCUT2D eigenvalue weighted by Crippen LogP contribution is -1.81. The zero-order chi connectivity index (χ0) is 10.1. The van der Waals surface area contributed by atoms with Crippen LogP contribution in [-0.4, -0.2) is 12.1 Å². The Labute approximate surface area is 83.1 Å². The minimum absolute atomic E-state index is 0.145. The van der Waals surface area contributed by atoms with Gasteiger partial charge in [0, 0.05) is 0 Å². The van der Waals surface area contributed by atoms with Gasteiger partial charge in [-0.1, -0.05) is 0 Å². The SMILES string of the molecule is COc1ccc2nc(C(F)F)sc2c1. The summed E-state index contributed by atoms with van der Waals surface area (Å²) in [5, 5.41) is -0.145. The standard InChI is InChI=1S/C9H7F2NOS/c1-13-5-2-3-6-7(4-5)14-9(12-6)8(10)11/h2-4,8H,1H3. The van der Waals surface area contributed by atoms with Gasteiger partial charge in [-0.05, 0) is 18.2 Å². The molecule has 2 aromatic rings. The molecule has 74 valence electrons. The van der Waals surface area contributed by atoms with E-state index in [9.17, 15) is 8.78 Å². The highest BCUT2D eigenvalue weighted by Crippen LogP contribution is 2.31. The Morgan fingerprint density at radius 3 is 2.86 bits per heavy atom. The highest BCUT2D eigenvalue weighted by atomic mass is 32.1. The summed E-state index contributed by atoms with van der Waals surface area (Å²) in [6.45, 7) is 0. The summed E-state index contributed by atoms with van der Waals surface area (Å²) in [6, 6.07) is 5.09. The van der Waals surface area contributed by atoms with Gasteiger partial charge in [-0.25, -0.2) is 13.8 Å². The van der Waals surface area contributed by atoms with E-state index in [1.54, 1.807) is 18.2 Å². The van der Waals surface area contributed by atoms with E-state index in [0.717, 1.165) is 16.0 Å². The highest BCUT2D eigenvalue weighted by molar-refractivity contribution is 7.18. The maximum Gasteiger partial charge on any atom is 0.289 e. The molecule has 0 atom stereocenters. The highest BCUT2D eigenvalue weighted by Gasteiger charge is 2.13. The number of thiazole rings is 1. The largest absolute Gasteiger partial charge is 0.497 e. The number of alkyl halides is 2. The number of fused-ring (bicyclic) bond motifs is 1. The first kappa shape index (κ1) is 9.33. The first-order valence-corrected chi connectivity index (χ1v) is 4.75. The van der Waals surface area contributed by atoms with Gasteiger partial charge in [-0.2, -0.15) is 0 Å². The fourth-order valence-electron chi connectivity index (χ4n) is 1.14. The first-order chi connectivity index (χ1) is 6.70. The molecule has 0 saturated heterocycles. The average molecular weight is 215 g/mol. The Morgan fingerprint density at radius 2 is 2.21 bits per heavy atom. The topological polar surface area (TPSA) is 22.1 Å². The van der Waals surface area contributed by atoms with Gasteiger partial charge in [0.25, 0.3) is 6.43 Å². The molecule has 0 fully saturated rings. The van der Waals surface area contributed by atoms with Crippen LogP contribution in [0, 0.1) is 0 Å². The van der Waals surface area contributed by atoms with Crippen LogP contribution in [0.25, 0.3) is 10.2 Å². The van der Waals surface area contributed by atoms with Gasteiger partial charge in [0.15, 0.2) is 5.01 Å². The van der Waals surface area contributed by atoms with Gasteiger partial charge in [-0.3, -0.25) is 0 Å². The van der Waals surface area contributed by atoms with Gasteiger partial charge in [0.1, 0.15) is 5.75 Å². The lowest BCUT2D eigenvalue weighted by molar-refractivity contribution is 0.151. The molecule has 1 heterocycles. The summed E-state index contributed by atoms with van der Waals surface area (Å²) in [5.74, 6) is 0.655. The third-order valence-electron chi connectivity index (χ3n) is 1.80. The van der Waals surface area contributed by atoms with Crippen LogP contribution in [0.1, 0.15) is 11.4 Å². The Kier molecular flexibility index (Phi) is 2.33. The molecule has 5 heteroatoms. The number of benzene rings is 1. The van der Waals surface area contributed by atoms with Crippen molar-refractivity contribution in [3.8, 4) is 5.75 Å². The zero-order valence-electron chi connectivity index (χ0n) is 7.33. The Bertz CT molecular complexity index is 455. The summed E-state index contributed by atoms with van der Waals surface area (Å²) in [5.41, 5.74) is 0.589. The smallest absolute Gasteiger partial charge is 0.289 e. The van der Waals surface area contributed by atoms with E-state index in [4.69, 9.17) is 4.74 Å². The predicted molar refractivity (Wildman–Crippen MR) is 51.1 cm³/mol. The molecular weight excluding hydrogens is 208 g/mol. The van der Waals surface area contributed by atoms with Crippen LogP contribution in [0.2, 0.25) is 0 Å². The second-order valence-electron chi connectivity index (χ2n) is 2.69. The Hall–Kier alpha value is -1.23. The monoisotopic (exact) mass is 215 g/mol. The third-order valence-corrected chi connectivity index (χ3v) is 2.82. The molecule has 0 N–H and O–H groups in total. The number of nitrogens with zero attached hydrogens (tertiary/aromatic N) is 1. The second kappa shape index (κ2) is 3.49. The van der Waals surface area contributed by atoms with E-state index in [0.29, 0.717) is 11.3 Å². The van der Waals surface area contributed by atoms with Crippen molar-refractivity contribution in [3.05, 3.63) is 23.2 Å². The molecule has 0 aliphatic heterocycles. The molecule has 1 aromatic carbocycles. The molecule has 1 aromatic heterocycles. The molecular formula is C9H7F2NOS. The molecule has 2 nitrogen and oxygen atoms in total. The molecule has 0 radical (unpaired) electrons. The van der Waals surface area contributed by atoms with Crippen LogP contribution in [-0.2, 0) is 0 Å². The molecule has 0 amide bonds. The fraction of sp³-hybridized carbons (Fsp3) is 0.222. The fourth-order valence-corrected chi connectivity index (χ4v) is 1.99. The van der Waals surface area contributed by atoms with Gasteiger partial charge in [0.2, 0.25) is 0 Å².